The van der Waals surface area contributed by atoms with Crippen molar-refractivity contribution in [2.45, 2.75) is 13.0 Å². The molecule has 0 amide bonds. The van der Waals surface area contributed by atoms with Crippen LogP contribution in [0.2, 0.25) is 0 Å². The molecule has 0 atom stereocenters. The summed E-state index contributed by atoms with van der Waals surface area (Å²) in [6.07, 6.45) is 2.85. The summed E-state index contributed by atoms with van der Waals surface area (Å²) >= 11 is 0. The van der Waals surface area contributed by atoms with Gasteiger partial charge >= 0.3 is 0 Å². The number of allylic oxidation sites excluding steroid dienone is 1. The molecule has 0 saturated carbocycles. The number of aryl methyl sites for hydroxylation is 1. The van der Waals surface area contributed by atoms with Crippen LogP contribution in [-0.2, 0) is 6.54 Å². The van der Waals surface area contributed by atoms with E-state index in [2.05, 4.69) is 9.55 Å². The Bertz CT molecular complexity index is 1050. The van der Waals surface area contributed by atoms with Gasteiger partial charge in [0.1, 0.15) is 5.82 Å². The minimum Gasteiger partial charge on any atom is -0.493 e. The van der Waals surface area contributed by atoms with Gasteiger partial charge in [0.25, 0.3) is 5.56 Å². The van der Waals surface area contributed by atoms with Crippen LogP contribution in [0, 0.1) is 0 Å². The lowest BCUT2D eigenvalue weighted by Crippen LogP contribution is -2.14. The minimum absolute atomic E-state index is 0.188. The highest BCUT2D eigenvalue weighted by atomic mass is 16.5. The first-order chi connectivity index (χ1) is 12.2. The molecule has 0 fully saturated rings. The lowest BCUT2D eigenvalue weighted by molar-refractivity contribution is 0.354. The summed E-state index contributed by atoms with van der Waals surface area (Å²) in [4.78, 5) is 16.7. The van der Waals surface area contributed by atoms with Crippen molar-refractivity contribution in [3.63, 3.8) is 0 Å². The predicted octanol–water partition coefficient (Wildman–Crippen LogP) is 3.36. The third-order valence-corrected chi connectivity index (χ3v) is 4.54. The molecule has 0 unspecified atom stereocenters. The second-order valence-electron chi connectivity index (χ2n) is 5.91. The Kier molecular flexibility index (Phi) is 3.76. The van der Waals surface area contributed by atoms with Crippen LogP contribution in [-0.4, -0.2) is 23.8 Å². The summed E-state index contributed by atoms with van der Waals surface area (Å²) in [5.74, 6) is 2.09. The smallest absolute Gasteiger partial charge is 0.281 e. The van der Waals surface area contributed by atoms with E-state index in [0.29, 0.717) is 16.9 Å². The predicted molar refractivity (Wildman–Crippen MR) is 98.0 cm³/mol. The van der Waals surface area contributed by atoms with Gasteiger partial charge in [0.05, 0.1) is 25.1 Å². The van der Waals surface area contributed by atoms with E-state index < -0.39 is 0 Å². The second-order valence-corrected chi connectivity index (χ2v) is 5.91. The maximum absolute atomic E-state index is 12.4. The number of nitrogens with zero attached hydrogens (tertiary/aromatic N) is 2. The van der Waals surface area contributed by atoms with Gasteiger partial charge in [0.15, 0.2) is 11.5 Å². The van der Waals surface area contributed by atoms with E-state index in [4.69, 9.17) is 9.47 Å². The van der Waals surface area contributed by atoms with Gasteiger partial charge in [-0.1, -0.05) is 24.3 Å². The van der Waals surface area contributed by atoms with Crippen LogP contribution in [0.25, 0.3) is 22.6 Å². The largest absolute Gasteiger partial charge is 0.493 e. The molecule has 0 radical (unpaired) electrons. The Morgan fingerprint density at radius 1 is 1.08 bits per heavy atom. The van der Waals surface area contributed by atoms with E-state index in [0.717, 1.165) is 35.4 Å². The van der Waals surface area contributed by atoms with Crippen molar-refractivity contribution >= 4 is 22.6 Å². The molecule has 4 rings (SSSR count). The third kappa shape index (κ3) is 2.48. The normalized spacial score (nSPS) is 14.7. The molecule has 1 aromatic heterocycles. The van der Waals surface area contributed by atoms with E-state index in [-0.39, 0.29) is 5.56 Å². The van der Waals surface area contributed by atoms with E-state index in [1.54, 1.807) is 14.2 Å². The molecule has 0 aliphatic carbocycles. The van der Waals surface area contributed by atoms with Gasteiger partial charge in [-0.3, -0.25) is 4.79 Å². The van der Waals surface area contributed by atoms with E-state index in [1.807, 2.05) is 48.5 Å². The number of benzene rings is 2. The van der Waals surface area contributed by atoms with Crippen LogP contribution in [0.5, 0.6) is 11.5 Å². The molecule has 0 bridgehead atoms. The van der Waals surface area contributed by atoms with Crippen molar-refractivity contribution < 1.29 is 9.47 Å². The summed E-state index contributed by atoms with van der Waals surface area (Å²) in [7, 11) is 3.24. The molecule has 2 aromatic carbocycles. The zero-order valence-electron chi connectivity index (χ0n) is 14.2. The summed E-state index contributed by atoms with van der Waals surface area (Å²) in [5.41, 5.74) is 2.67. The van der Waals surface area contributed by atoms with Crippen LogP contribution in [0.1, 0.15) is 17.8 Å². The maximum atomic E-state index is 12.4. The summed E-state index contributed by atoms with van der Waals surface area (Å²) in [6.45, 7) is 0.807. The van der Waals surface area contributed by atoms with Crippen molar-refractivity contribution in [2.75, 3.05) is 14.2 Å². The summed E-state index contributed by atoms with van der Waals surface area (Å²) in [6, 6.07) is 13.4. The number of rotatable bonds is 3. The maximum Gasteiger partial charge on any atom is 0.281 e. The van der Waals surface area contributed by atoms with Crippen LogP contribution in [0.15, 0.2) is 47.3 Å². The highest BCUT2D eigenvalue weighted by Gasteiger charge is 2.21. The van der Waals surface area contributed by atoms with Crippen molar-refractivity contribution in [2.24, 2.45) is 0 Å². The summed E-state index contributed by atoms with van der Waals surface area (Å²) < 4.78 is 13.0. The lowest BCUT2D eigenvalue weighted by atomic mass is 10.1. The number of methoxy groups -OCH3 is 2. The van der Waals surface area contributed by atoms with E-state index in [1.165, 1.54) is 0 Å². The number of aromatic nitrogens is 2. The molecule has 0 N–H and O–H groups in total. The molecule has 0 spiro atoms. The number of hydrogen-bond acceptors (Lipinski definition) is 4. The molecule has 126 valence electrons. The highest BCUT2D eigenvalue weighted by Crippen LogP contribution is 2.35. The van der Waals surface area contributed by atoms with Gasteiger partial charge in [-0.2, -0.15) is 4.98 Å². The van der Waals surface area contributed by atoms with Crippen molar-refractivity contribution in [1.29, 1.82) is 0 Å². The van der Waals surface area contributed by atoms with Gasteiger partial charge in [0, 0.05) is 12.1 Å². The first kappa shape index (κ1) is 15.4. The van der Waals surface area contributed by atoms with Gasteiger partial charge in [-0.25, -0.2) is 0 Å². The standard InChI is InChI=1S/C20H18N2O3/c1-24-17-9-5-6-13(18(17)25-2)12-14-10-11-22-16-8-4-3-7-15(16)20(23)21-19(14)22/h3-9,12H,10-11H2,1-2H3. The van der Waals surface area contributed by atoms with Crippen molar-refractivity contribution in [3.8, 4) is 11.5 Å². The van der Waals surface area contributed by atoms with Crippen LogP contribution >= 0.6 is 0 Å². The fourth-order valence-electron chi connectivity index (χ4n) is 3.39. The molecule has 1 aliphatic rings. The molecular weight excluding hydrogens is 316 g/mol. The number of para-hydroxylation sites is 2. The zero-order valence-corrected chi connectivity index (χ0v) is 14.2. The summed E-state index contributed by atoms with van der Waals surface area (Å²) in [5, 5.41) is 0.659. The average Bonchev–Trinajstić information content (AvgIpc) is 3.04. The van der Waals surface area contributed by atoms with Crippen molar-refractivity contribution in [1.82, 2.24) is 9.55 Å². The molecule has 5 nitrogen and oxygen atoms in total. The zero-order chi connectivity index (χ0) is 17.4. The first-order valence-electron chi connectivity index (χ1n) is 8.14. The average molecular weight is 334 g/mol. The Balaban J connectivity index is 1.90. The van der Waals surface area contributed by atoms with Crippen LogP contribution in [0.3, 0.4) is 0 Å². The molecule has 3 aromatic rings. The van der Waals surface area contributed by atoms with Crippen LogP contribution in [0.4, 0.5) is 0 Å². The molecule has 5 heteroatoms. The molecule has 1 aliphatic heterocycles. The minimum atomic E-state index is -0.188. The topological polar surface area (TPSA) is 53.4 Å². The molecule has 25 heavy (non-hydrogen) atoms. The Hall–Kier alpha value is -3.08. The highest BCUT2D eigenvalue weighted by molar-refractivity contribution is 5.87. The number of hydrogen-bond donors (Lipinski definition) is 0. The fourth-order valence-corrected chi connectivity index (χ4v) is 3.39. The quantitative estimate of drug-likeness (QED) is 0.737. The third-order valence-electron chi connectivity index (χ3n) is 4.54. The van der Waals surface area contributed by atoms with Gasteiger partial charge in [-0.15, -0.1) is 0 Å². The lowest BCUT2D eigenvalue weighted by Gasteiger charge is -2.11. The van der Waals surface area contributed by atoms with Gasteiger partial charge < -0.3 is 14.0 Å². The molecule has 0 saturated heterocycles. The SMILES string of the molecule is COc1cccc(C=C2CCn3c2nc(=O)c2ccccc23)c1OC. The van der Waals surface area contributed by atoms with Gasteiger partial charge in [0.2, 0.25) is 0 Å². The Morgan fingerprint density at radius 2 is 1.92 bits per heavy atom. The first-order valence-corrected chi connectivity index (χ1v) is 8.14. The van der Waals surface area contributed by atoms with E-state index >= 15 is 0 Å². The Labute approximate surface area is 145 Å². The van der Waals surface area contributed by atoms with E-state index in [9.17, 15) is 4.79 Å². The van der Waals surface area contributed by atoms with Gasteiger partial charge in [-0.05, 0) is 36.3 Å². The Morgan fingerprint density at radius 3 is 2.72 bits per heavy atom. The molecular formula is C20H18N2O3. The molecule has 2 heterocycles. The monoisotopic (exact) mass is 334 g/mol. The fraction of sp³-hybridized carbons (Fsp3) is 0.200. The van der Waals surface area contributed by atoms with Crippen LogP contribution < -0.4 is 15.0 Å². The number of ether oxygens (including phenoxy) is 2. The number of fused-ring (bicyclic) bond motifs is 3. The van der Waals surface area contributed by atoms with Crippen molar-refractivity contribution in [3.05, 3.63) is 64.2 Å². The second kappa shape index (κ2) is 6.09.